The van der Waals surface area contributed by atoms with Gasteiger partial charge in [-0.05, 0) is 42.0 Å². The van der Waals surface area contributed by atoms with E-state index in [9.17, 15) is 4.79 Å². The van der Waals surface area contributed by atoms with E-state index in [4.69, 9.17) is 30.5 Å². The molecule has 1 aliphatic rings. The van der Waals surface area contributed by atoms with Crippen molar-refractivity contribution in [2.75, 3.05) is 27.4 Å². The Kier molecular flexibility index (Phi) is 5.14. The Labute approximate surface area is 150 Å². The molecule has 2 aromatic carbocycles. The molecule has 0 fully saturated rings. The van der Waals surface area contributed by atoms with Gasteiger partial charge in [-0.1, -0.05) is 17.7 Å². The lowest BCUT2D eigenvalue weighted by Crippen LogP contribution is -2.15. The third-order valence-electron chi connectivity index (χ3n) is 3.72. The number of fused-ring (bicyclic) bond motifs is 1. The minimum Gasteiger partial charge on any atom is -0.497 e. The van der Waals surface area contributed by atoms with E-state index in [1.165, 1.54) is 13.2 Å². The van der Waals surface area contributed by atoms with Crippen molar-refractivity contribution in [2.24, 2.45) is 0 Å². The molecule has 0 aliphatic carbocycles. The summed E-state index contributed by atoms with van der Waals surface area (Å²) in [6, 6.07) is 8.58. The molecule has 0 bridgehead atoms. The van der Waals surface area contributed by atoms with Crippen LogP contribution in [-0.4, -0.2) is 33.2 Å². The zero-order valence-electron chi connectivity index (χ0n) is 13.9. The van der Waals surface area contributed by atoms with Gasteiger partial charge in [0.05, 0.1) is 24.8 Å². The number of carbonyl (C=O) groups is 1. The highest BCUT2D eigenvalue weighted by molar-refractivity contribution is 6.32. The maximum Gasteiger partial charge on any atom is 0.189 e. The molecular formula is C19H17ClO5. The summed E-state index contributed by atoms with van der Waals surface area (Å²) in [6.45, 7) is 0.937. The van der Waals surface area contributed by atoms with Crippen LogP contribution in [0.15, 0.2) is 36.4 Å². The SMILES string of the molecule is COc1ccc(OC)c(C(=O)/C=C/c2cc(Cl)c3c(c2)OCCO3)c1. The summed E-state index contributed by atoms with van der Waals surface area (Å²) in [7, 11) is 3.06. The van der Waals surface area contributed by atoms with Gasteiger partial charge in [-0.2, -0.15) is 0 Å². The molecule has 0 saturated carbocycles. The second-order valence-electron chi connectivity index (χ2n) is 5.29. The van der Waals surface area contributed by atoms with Crippen LogP contribution in [0.1, 0.15) is 15.9 Å². The number of halogens is 1. The van der Waals surface area contributed by atoms with Crippen LogP contribution in [0.25, 0.3) is 6.08 Å². The summed E-state index contributed by atoms with van der Waals surface area (Å²) >= 11 is 6.21. The molecule has 1 aliphatic heterocycles. The zero-order chi connectivity index (χ0) is 17.8. The van der Waals surface area contributed by atoms with Crippen LogP contribution in [0.2, 0.25) is 5.02 Å². The van der Waals surface area contributed by atoms with Crippen molar-refractivity contribution < 1.29 is 23.7 Å². The van der Waals surface area contributed by atoms with Gasteiger partial charge in [0.25, 0.3) is 0 Å². The van der Waals surface area contributed by atoms with Gasteiger partial charge < -0.3 is 18.9 Å². The minimum absolute atomic E-state index is 0.207. The number of ether oxygens (including phenoxy) is 4. The molecule has 25 heavy (non-hydrogen) atoms. The summed E-state index contributed by atoms with van der Waals surface area (Å²) < 4.78 is 21.4. The molecule has 0 radical (unpaired) electrons. The maximum atomic E-state index is 12.5. The van der Waals surface area contributed by atoms with Crippen LogP contribution in [0.4, 0.5) is 0 Å². The van der Waals surface area contributed by atoms with Crippen LogP contribution in [0.3, 0.4) is 0 Å². The number of benzene rings is 2. The summed E-state index contributed by atoms with van der Waals surface area (Å²) in [5, 5.41) is 0.447. The molecule has 0 spiro atoms. The highest BCUT2D eigenvalue weighted by Gasteiger charge is 2.16. The highest BCUT2D eigenvalue weighted by Crippen LogP contribution is 2.38. The van der Waals surface area contributed by atoms with E-state index in [-0.39, 0.29) is 5.78 Å². The third kappa shape index (κ3) is 3.72. The van der Waals surface area contributed by atoms with E-state index < -0.39 is 0 Å². The molecule has 0 atom stereocenters. The Morgan fingerprint density at radius 2 is 1.92 bits per heavy atom. The molecule has 0 aromatic heterocycles. The van der Waals surface area contributed by atoms with Crippen molar-refractivity contribution in [1.82, 2.24) is 0 Å². The van der Waals surface area contributed by atoms with E-state index in [0.717, 1.165) is 5.56 Å². The second-order valence-corrected chi connectivity index (χ2v) is 5.70. The van der Waals surface area contributed by atoms with E-state index in [1.54, 1.807) is 43.5 Å². The number of carbonyl (C=O) groups excluding carboxylic acids is 1. The second kappa shape index (κ2) is 7.49. The van der Waals surface area contributed by atoms with E-state index in [0.29, 0.717) is 46.8 Å². The van der Waals surface area contributed by atoms with Crippen molar-refractivity contribution in [2.45, 2.75) is 0 Å². The average Bonchev–Trinajstić information content (AvgIpc) is 2.65. The average molecular weight is 361 g/mol. The Balaban J connectivity index is 1.87. The van der Waals surface area contributed by atoms with Crippen molar-refractivity contribution in [3.05, 3.63) is 52.6 Å². The first kappa shape index (κ1) is 17.2. The van der Waals surface area contributed by atoms with Crippen molar-refractivity contribution in [3.8, 4) is 23.0 Å². The first-order chi connectivity index (χ1) is 12.1. The number of hydrogen-bond acceptors (Lipinski definition) is 5. The fraction of sp³-hybridized carbons (Fsp3) is 0.211. The van der Waals surface area contributed by atoms with Crippen LogP contribution < -0.4 is 18.9 Å². The predicted octanol–water partition coefficient (Wildman–Crippen LogP) is 4.02. The van der Waals surface area contributed by atoms with Crippen molar-refractivity contribution in [1.29, 1.82) is 0 Å². The molecule has 2 aromatic rings. The lowest BCUT2D eigenvalue weighted by atomic mass is 10.1. The molecule has 0 saturated heterocycles. The lowest BCUT2D eigenvalue weighted by molar-refractivity contribution is 0.104. The predicted molar refractivity (Wildman–Crippen MR) is 95.4 cm³/mol. The van der Waals surface area contributed by atoms with E-state index in [1.807, 2.05) is 0 Å². The standard InChI is InChI=1S/C19H17ClO5/c1-22-13-4-6-17(23-2)14(11-13)16(21)5-3-12-9-15(20)19-18(10-12)24-7-8-25-19/h3-6,9-11H,7-8H2,1-2H3/b5-3+. The largest absolute Gasteiger partial charge is 0.497 e. The molecule has 5 nitrogen and oxygen atoms in total. The number of hydrogen-bond donors (Lipinski definition) is 0. The van der Waals surface area contributed by atoms with Gasteiger partial charge in [0.2, 0.25) is 0 Å². The fourth-order valence-corrected chi connectivity index (χ4v) is 2.77. The quantitative estimate of drug-likeness (QED) is 0.595. The molecule has 3 rings (SSSR count). The molecule has 1 heterocycles. The van der Waals surface area contributed by atoms with Gasteiger partial charge in [-0.25, -0.2) is 0 Å². The first-order valence-electron chi connectivity index (χ1n) is 7.66. The molecule has 0 N–H and O–H groups in total. The molecular weight excluding hydrogens is 344 g/mol. The number of ketones is 1. The smallest absolute Gasteiger partial charge is 0.189 e. The van der Waals surface area contributed by atoms with E-state index >= 15 is 0 Å². The molecule has 0 unspecified atom stereocenters. The summed E-state index contributed by atoms with van der Waals surface area (Å²) in [5.41, 5.74) is 1.16. The minimum atomic E-state index is -0.207. The topological polar surface area (TPSA) is 54.0 Å². The van der Waals surface area contributed by atoms with Crippen LogP contribution in [0, 0.1) is 0 Å². The zero-order valence-corrected chi connectivity index (χ0v) is 14.6. The van der Waals surface area contributed by atoms with E-state index in [2.05, 4.69) is 0 Å². The molecule has 6 heteroatoms. The normalized spacial score (nSPS) is 12.9. The number of rotatable bonds is 5. The van der Waals surface area contributed by atoms with Gasteiger partial charge >= 0.3 is 0 Å². The Bertz CT molecular complexity index is 829. The van der Waals surface area contributed by atoms with Crippen LogP contribution in [0.5, 0.6) is 23.0 Å². The molecule has 0 amide bonds. The Morgan fingerprint density at radius 3 is 2.68 bits per heavy atom. The summed E-state index contributed by atoms with van der Waals surface area (Å²) in [6.07, 6.45) is 3.13. The Morgan fingerprint density at radius 1 is 1.12 bits per heavy atom. The molecule has 130 valence electrons. The van der Waals surface area contributed by atoms with Crippen LogP contribution in [-0.2, 0) is 0 Å². The summed E-state index contributed by atoms with van der Waals surface area (Å²) in [5.74, 6) is 1.97. The number of methoxy groups -OCH3 is 2. The van der Waals surface area contributed by atoms with Crippen molar-refractivity contribution in [3.63, 3.8) is 0 Å². The van der Waals surface area contributed by atoms with Crippen LogP contribution >= 0.6 is 11.6 Å². The van der Waals surface area contributed by atoms with Gasteiger partial charge in [-0.3, -0.25) is 4.79 Å². The highest BCUT2D eigenvalue weighted by atomic mass is 35.5. The fourth-order valence-electron chi connectivity index (χ4n) is 2.50. The van der Waals surface area contributed by atoms with Gasteiger partial charge in [0.1, 0.15) is 24.7 Å². The maximum absolute atomic E-state index is 12.5. The lowest BCUT2D eigenvalue weighted by Gasteiger charge is -2.19. The van der Waals surface area contributed by atoms with Crippen molar-refractivity contribution >= 4 is 23.5 Å². The van der Waals surface area contributed by atoms with Gasteiger partial charge in [-0.15, -0.1) is 0 Å². The third-order valence-corrected chi connectivity index (χ3v) is 4.00. The van der Waals surface area contributed by atoms with Gasteiger partial charge in [0, 0.05) is 0 Å². The Hall–Kier alpha value is -2.66. The number of allylic oxidation sites excluding steroid dienone is 1. The summed E-state index contributed by atoms with van der Waals surface area (Å²) in [4.78, 5) is 12.5. The monoisotopic (exact) mass is 360 g/mol. The first-order valence-corrected chi connectivity index (χ1v) is 8.03. The van der Waals surface area contributed by atoms with Gasteiger partial charge in [0.15, 0.2) is 17.3 Å².